The molecule has 138 valence electrons. The van der Waals surface area contributed by atoms with Crippen molar-refractivity contribution in [1.29, 1.82) is 0 Å². The van der Waals surface area contributed by atoms with Crippen LogP contribution < -0.4 is 11.1 Å². The lowest BCUT2D eigenvalue weighted by molar-refractivity contribution is 0.0330. The molecule has 0 spiro atoms. The summed E-state index contributed by atoms with van der Waals surface area (Å²) in [7, 11) is 0. The number of nitrogens with zero attached hydrogens (tertiary/aromatic N) is 2. The lowest BCUT2D eigenvalue weighted by atomic mass is 10.1. The molecule has 1 heterocycles. The first-order valence-corrected chi connectivity index (χ1v) is 8.52. The van der Waals surface area contributed by atoms with Gasteiger partial charge in [-0.25, -0.2) is 9.97 Å². The van der Waals surface area contributed by atoms with Gasteiger partial charge in [0.2, 0.25) is 5.82 Å². The van der Waals surface area contributed by atoms with Crippen LogP contribution in [0.2, 0.25) is 5.15 Å². The van der Waals surface area contributed by atoms with Gasteiger partial charge in [-0.05, 0) is 11.1 Å². The van der Waals surface area contributed by atoms with Gasteiger partial charge in [0.05, 0.1) is 0 Å². The number of benzene rings is 2. The third kappa shape index (κ3) is 3.90. The van der Waals surface area contributed by atoms with Gasteiger partial charge in [-0.3, -0.25) is 0 Å². The molecule has 0 unspecified atom stereocenters. The zero-order valence-electron chi connectivity index (χ0n) is 14.3. The Balaban J connectivity index is 1.94. The first-order valence-electron chi connectivity index (χ1n) is 8.14. The summed E-state index contributed by atoms with van der Waals surface area (Å²) >= 11 is 5.99. The Hall–Kier alpha value is -2.99. The van der Waals surface area contributed by atoms with Crippen LogP contribution in [-0.4, -0.2) is 9.97 Å². The summed E-state index contributed by atoms with van der Waals surface area (Å²) in [6, 6.07) is 14.9. The summed E-state index contributed by atoms with van der Waals surface area (Å²) in [5.41, 5.74) is 7.50. The van der Waals surface area contributed by atoms with E-state index in [1.54, 1.807) is 12.1 Å². The summed E-state index contributed by atoms with van der Waals surface area (Å²) in [6.45, 7) is 4.08. The first kappa shape index (κ1) is 18.8. The molecule has 0 amide bonds. The molecule has 7 heteroatoms. The van der Waals surface area contributed by atoms with E-state index in [4.69, 9.17) is 17.3 Å². The van der Waals surface area contributed by atoms with E-state index in [2.05, 4.69) is 21.9 Å². The molecule has 27 heavy (non-hydrogen) atoms. The zero-order valence-corrected chi connectivity index (χ0v) is 15.0. The highest BCUT2D eigenvalue weighted by Gasteiger charge is 2.38. The smallest absolute Gasteiger partial charge is 0.331 e. The second-order valence-electron chi connectivity index (χ2n) is 5.80. The first-order chi connectivity index (χ1) is 12.9. The fourth-order valence-corrected chi connectivity index (χ4v) is 2.74. The number of rotatable bonds is 6. The summed E-state index contributed by atoms with van der Waals surface area (Å²) in [6.07, 6.45) is 1.71. The Morgan fingerprint density at radius 3 is 2.44 bits per heavy atom. The van der Waals surface area contributed by atoms with Gasteiger partial charge in [-0.1, -0.05) is 78.9 Å². The molecule has 0 bridgehead atoms. The van der Waals surface area contributed by atoms with Crippen molar-refractivity contribution >= 4 is 29.2 Å². The van der Waals surface area contributed by atoms with Crippen molar-refractivity contribution in [2.24, 2.45) is 0 Å². The maximum atomic E-state index is 14.8. The van der Waals surface area contributed by atoms with Crippen molar-refractivity contribution in [3.05, 3.63) is 88.8 Å². The largest absolute Gasteiger partial charge is 0.393 e. The van der Waals surface area contributed by atoms with Gasteiger partial charge in [0, 0.05) is 12.1 Å². The minimum absolute atomic E-state index is 0.0142. The van der Waals surface area contributed by atoms with Gasteiger partial charge >= 0.3 is 5.92 Å². The molecule has 3 N–H and O–H groups in total. The van der Waals surface area contributed by atoms with Crippen LogP contribution in [0.3, 0.4) is 0 Å². The lowest BCUT2D eigenvalue weighted by Gasteiger charge is -2.18. The van der Waals surface area contributed by atoms with Gasteiger partial charge in [0.25, 0.3) is 0 Å². The number of halogens is 3. The predicted molar refractivity (Wildman–Crippen MR) is 105 cm³/mol. The van der Waals surface area contributed by atoms with E-state index in [0.29, 0.717) is 6.54 Å². The molecule has 1 aromatic heterocycles. The van der Waals surface area contributed by atoms with Crippen molar-refractivity contribution in [3.63, 3.8) is 0 Å². The maximum absolute atomic E-state index is 14.8. The number of nitrogens with one attached hydrogen (secondary N) is 1. The maximum Gasteiger partial charge on any atom is 0.331 e. The monoisotopic (exact) mass is 386 g/mol. The summed E-state index contributed by atoms with van der Waals surface area (Å²) in [5, 5.41) is 2.74. The topological polar surface area (TPSA) is 63.8 Å². The highest BCUT2D eigenvalue weighted by Crippen LogP contribution is 2.36. The van der Waals surface area contributed by atoms with Crippen molar-refractivity contribution in [2.75, 3.05) is 11.1 Å². The van der Waals surface area contributed by atoms with Crippen molar-refractivity contribution < 1.29 is 8.78 Å². The van der Waals surface area contributed by atoms with Crippen LogP contribution in [0.4, 0.5) is 20.3 Å². The number of aromatic nitrogens is 2. The standard InChI is InChI=1S/C20H17ClF2N4/c1-2-13-8-6-7-9-14(13)12-25-18-16(24)17(21)26-19(27-18)20(22,23)15-10-4-3-5-11-15/h2-11H,1,12,24H2,(H,25,26,27). The molecule has 0 atom stereocenters. The molecule has 0 saturated carbocycles. The number of hydrogen-bond acceptors (Lipinski definition) is 4. The Morgan fingerprint density at radius 1 is 1.07 bits per heavy atom. The quantitative estimate of drug-likeness (QED) is 0.578. The van der Waals surface area contributed by atoms with E-state index >= 15 is 0 Å². The van der Waals surface area contributed by atoms with Gasteiger partial charge < -0.3 is 11.1 Å². The zero-order chi connectivity index (χ0) is 19.4. The number of alkyl halides is 2. The molecule has 0 aliphatic rings. The van der Waals surface area contributed by atoms with Gasteiger partial charge in [0.1, 0.15) is 5.69 Å². The average molecular weight is 387 g/mol. The van der Waals surface area contributed by atoms with Crippen molar-refractivity contribution in [2.45, 2.75) is 12.5 Å². The highest BCUT2D eigenvalue weighted by molar-refractivity contribution is 6.32. The Labute approximate surface area is 160 Å². The molecule has 0 saturated heterocycles. The second-order valence-corrected chi connectivity index (χ2v) is 6.16. The van der Waals surface area contributed by atoms with Gasteiger partial charge in [0.15, 0.2) is 11.0 Å². The van der Waals surface area contributed by atoms with Crippen LogP contribution in [0.5, 0.6) is 0 Å². The van der Waals surface area contributed by atoms with Crippen molar-refractivity contribution in [3.8, 4) is 0 Å². The third-order valence-corrected chi connectivity index (χ3v) is 4.33. The lowest BCUT2D eigenvalue weighted by Crippen LogP contribution is -2.21. The minimum Gasteiger partial charge on any atom is -0.393 e. The van der Waals surface area contributed by atoms with Crippen LogP contribution in [0.25, 0.3) is 6.08 Å². The van der Waals surface area contributed by atoms with E-state index in [1.807, 2.05) is 24.3 Å². The van der Waals surface area contributed by atoms with E-state index < -0.39 is 11.7 Å². The number of anilines is 2. The van der Waals surface area contributed by atoms with E-state index in [-0.39, 0.29) is 22.2 Å². The summed E-state index contributed by atoms with van der Waals surface area (Å²) in [5.74, 6) is -4.07. The number of nitrogen functional groups attached to an aromatic ring is 1. The normalized spacial score (nSPS) is 11.2. The molecular weight excluding hydrogens is 370 g/mol. The Bertz CT molecular complexity index is 961. The van der Waals surface area contributed by atoms with Crippen LogP contribution in [0.1, 0.15) is 22.5 Å². The molecule has 0 aliphatic heterocycles. The molecule has 2 aromatic carbocycles. The molecule has 0 aliphatic carbocycles. The predicted octanol–water partition coefficient (Wildman–Crippen LogP) is 5.11. The number of hydrogen-bond donors (Lipinski definition) is 2. The fraction of sp³-hybridized carbons (Fsp3) is 0.100. The average Bonchev–Trinajstić information content (AvgIpc) is 2.69. The molecular formula is C20H17ClF2N4. The highest BCUT2D eigenvalue weighted by atomic mass is 35.5. The second kappa shape index (κ2) is 7.72. The molecule has 3 rings (SSSR count). The summed E-state index contributed by atoms with van der Waals surface area (Å²) in [4.78, 5) is 7.64. The minimum atomic E-state index is -3.41. The van der Waals surface area contributed by atoms with Gasteiger partial charge in [-0.2, -0.15) is 8.78 Å². The molecule has 3 aromatic rings. The molecule has 4 nitrogen and oxygen atoms in total. The molecule has 0 fully saturated rings. The third-order valence-electron chi connectivity index (χ3n) is 4.04. The fourth-order valence-electron chi connectivity index (χ4n) is 2.57. The van der Waals surface area contributed by atoms with Crippen LogP contribution in [0, 0.1) is 0 Å². The SMILES string of the molecule is C=Cc1ccccc1CNc1nc(C(F)(F)c2ccccc2)nc(Cl)c1N. The summed E-state index contributed by atoms with van der Waals surface area (Å²) < 4.78 is 29.6. The van der Waals surface area contributed by atoms with Crippen LogP contribution in [0.15, 0.2) is 61.2 Å². The van der Waals surface area contributed by atoms with Crippen molar-refractivity contribution in [1.82, 2.24) is 9.97 Å². The van der Waals surface area contributed by atoms with E-state index in [9.17, 15) is 8.78 Å². The van der Waals surface area contributed by atoms with E-state index in [1.165, 1.54) is 24.3 Å². The number of nitrogens with two attached hydrogens (primary N) is 1. The molecule has 0 radical (unpaired) electrons. The van der Waals surface area contributed by atoms with Crippen LogP contribution >= 0.6 is 11.6 Å². The van der Waals surface area contributed by atoms with E-state index in [0.717, 1.165) is 11.1 Å². The van der Waals surface area contributed by atoms with Crippen LogP contribution in [-0.2, 0) is 12.5 Å². The Morgan fingerprint density at radius 2 is 1.74 bits per heavy atom. The Kier molecular flexibility index (Phi) is 5.37. The van der Waals surface area contributed by atoms with Gasteiger partial charge in [-0.15, -0.1) is 0 Å².